The number of carbonyl (C=O) groups excluding carboxylic acids is 2. The van der Waals surface area contributed by atoms with Gasteiger partial charge in [-0.25, -0.2) is 0 Å². The minimum atomic E-state index is -0.00222. The van der Waals surface area contributed by atoms with Crippen molar-refractivity contribution in [2.24, 2.45) is 0 Å². The lowest BCUT2D eigenvalue weighted by Gasteiger charge is -2.29. The highest BCUT2D eigenvalue weighted by Crippen LogP contribution is 2.40. The first-order valence-corrected chi connectivity index (χ1v) is 6.74. The molecule has 0 aliphatic carbocycles. The fourth-order valence-electron chi connectivity index (χ4n) is 2.38. The van der Waals surface area contributed by atoms with Crippen LogP contribution >= 0.6 is 11.8 Å². The van der Waals surface area contributed by atoms with Crippen molar-refractivity contribution in [3.63, 3.8) is 0 Å². The lowest BCUT2D eigenvalue weighted by atomic mass is 10.2. The molecule has 2 aliphatic heterocycles. The lowest BCUT2D eigenvalue weighted by molar-refractivity contribution is -0.144. The Balaban J connectivity index is 1.83. The number of likely N-dealkylation sites (tertiary alicyclic amines) is 1. The Labute approximate surface area is 104 Å². The van der Waals surface area contributed by atoms with Crippen LogP contribution in [0, 0.1) is 0 Å². The van der Waals surface area contributed by atoms with Gasteiger partial charge in [0.15, 0.2) is 0 Å². The highest BCUT2D eigenvalue weighted by atomic mass is 32.2. The summed E-state index contributed by atoms with van der Waals surface area (Å²) in [6.45, 7) is 0.423. The highest BCUT2D eigenvalue weighted by Gasteiger charge is 2.45. The monoisotopic (exact) mass is 247 g/mol. The van der Waals surface area contributed by atoms with Gasteiger partial charge in [0.2, 0.25) is 11.8 Å². The van der Waals surface area contributed by atoms with Gasteiger partial charge >= 0.3 is 0 Å². The van der Waals surface area contributed by atoms with Gasteiger partial charge in [-0.3, -0.25) is 14.5 Å². The zero-order chi connectivity index (χ0) is 11.8. The molecule has 3 nitrogen and oxygen atoms in total. The van der Waals surface area contributed by atoms with E-state index in [1.54, 1.807) is 11.8 Å². The van der Waals surface area contributed by atoms with Crippen molar-refractivity contribution >= 4 is 23.6 Å². The van der Waals surface area contributed by atoms with E-state index in [1.165, 1.54) is 4.90 Å². The van der Waals surface area contributed by atoms with Gasteiger partial charge in [-0.05, 0) is 18.4 Å². The molecule has 0 aromatic heterocycles. The second kappa shape index (κ2) is 4.18. The Bertz CT molecular complexity index is 438. The third-order valence-electron chi connectivity index (χ3n) is 3.29. The van der Waals surface area contributed by atoms with Crippen LogP contribution in [0.15, 0.2) is 30.3 Å². The number of fused-ring (bicyclic) bond motifs is 2. The standard InChI is InChI=1S/C13H13NO2S/c15-12-10-6-7-11(17-10)13(16)14(12)8-9-4-2-1-3-5-9/h1-5,10-11H,6-8H2/t10-,11-/m1/s1. The first kappa shape index (κ1) is 10.8. The summed E-state index contributed by atoms with van der Waals surface area (Å²) in [6.07, 6.45) is 1.70. The summed E-state index contributed by atoms with van der Waals surface area (Å²) in [5.41, 5.74) is 1.01. The normalized spacial score (nSPS) is 27.6. The maximum atomic E-state index is 12.1. The molecule has 2 atom stereocenters. The Morgan fingerprint density at radius 2 is 1.65 bits per heavy atom. The quantitative estimate of drug-likeness (QED) is 0.748. The average Bonchev–Trinajstić information content (AvgIpc) is 2.81. The van der Waals surface area contributed by atoms with Crippen molar-refractivity contribution in [2.45, 2.75) is 29.9 Å². The molecule has 4 heteroatoms. The van der Waals surface area contributed by atoms with Crippen molar-refractivity contribution in [3.8, 4) is 0 Å². The molecule has 88 valence electrons. The van der Waals surface area contributed by atoms with Crippen molar-refractivity contribution < 1.29 is 9.59 Å². The first-order chi connectivity index (χ1) is 8.25. The Hall–Kier alpha value is -1.29. The van der Waals surface area contributed by atoms with Crippen LogP contribution < -0.4 is 0 Å². The number of hydrogen-bond donors (Lipinski definition) is 0. The molecule has 2 fully saturated rings. The summed E-state index contributed by atoms with van der Waals surface area (Å²) in [6, 6.07) is 9.69. The van der Waals surface area contributed by atoms with E-state index in [2.05, 4.69) is 0 Å². The van der Waals surface area contributed by atoms with E-state index in [9.17, 15) is 9.59 Å². The van der Waals surface area contributed by atoms with E-state index in [-0.39, 0.29) is 22.3 Å². The number of nitrogens with zero attached hydrogens (tertiary/aromatic N) is 1. The van der Waals surface area contributed by atoms with Crippen LogP contribution in [0.4, 0.5) is 0 Å². The molecule has 2 heterocycles. The van der Waals surface area contributed by atoms with E-state index >= 15 is 0 Å². The summed E-state index contributed by atoms with van der Waals surface area (Å²) >= 11 is 1.54. The van der Waals surface area contributed by atoms with E-state index in [1.807, 2.05) is 30.3 Å². The number of hydrogen-bond acceptors (Lipinski definition) is 3. The minimum absolute atomic E-state index is 0.00222. The molecule has 2 saturated heterocycles. The molecule has 2 bridgehead atoms. The molecule has 0 saturated carbocycles. The molecule has 2 amide bonds. The highest BCUT2D eigenvalue weighted by molar-refractivity contribution is 8.02. The number of carbonyl (C=O) groups is 2. The van der Waals surface area contributed by atoms with E-state index in [0.717, 1.165) is 18.4 Å². The Morgan fingerprint density at radius 3 is 2.24 bits per heavy atom. The maximum absolute atomic E-state index is 12.1. The number of benzene rings is 1. The number of imide groups is 1. The van der Waals surface area contributed by atoms with E-state index < -0.39 is 0 Å². The van der Waals surface area contributed by atoms with Crippen molar-refractivity contribution in [3.05, 3.63) is 35.9 Å². The number of amides is 2. The second-order valence-electron chi connectivity index (χ2n) is 4.44. The fraction of sp³-hybridized carbons (Fsp3) is 0.385. The van der Waals surface area contributed by atoms with Crippen LogP contribution in [-0.2, 0) is 16.1 Å². The third-order valence-corrected chi connectivity index (χ3v) is 4.82. The van der Waals surface area contributed by atoms with Crippen LogP contribution in [0.25, 0.3) is 0 Å². The molecule has 0 N–H and O–H groups in total. The average molecular weight is 247 g/mol. The molecular weight excluding hydrogens is 234 g/mol. The zero-order valence-electron chi connectivity index (χ0n) is 9.33. The lowest BCUT2D eigenvalue weighted by Crippen LogP contribution is -2.47. The van der Waals surface area contributed by atoms with E-state index in [4.69, 9.17) is 0 Å². The van der Waals surface area contributed by atoms with Gasteiger partial charge in [0, 0.05) is 0 Å². The van der Waals surface area contributed by atoms with Crippen molar-refractivity contribution in [2.75, 3.05) is 0 Å². The third kappa shape index (κ3) is 1.86. The summed E-state index contributed by atoms with van der Waals surface area (Å²) in [5, 5.41) is 0.0304. The predicted molar refractivity (Wildman–Crippen MR) is 66.4 cm³/mol. The molecule has 0 radical (unpaired) electrons. The van der Waals surface area contributed by atoms with Gasteiger partial charge in [0.25, 0.3) is 0 Å². The molecule has 0 unspecified atom stereocenters. The van der Waals surface area contributed by atoms with Gasteiger partial charge in [0.05, 0.1) is 17.0 Å². The maximum Gasteiger partial charge on any atom is 0.242 e. The van der Waals surface area contributed by atoms with Gasteiger partial charge in [-0.1, -0.05) is 30.3 Å². The first-order valence-electron chi connectivity index (χ1n) is 5.80. The molecule has 1 aromatic carbocycles. The molecule has 3 rings (SSSR count). The summed E-state index contributed by atoms with van der Waals surface area (Å²) in [5.74, 6) is -0.00444. The van der Waals surface area contributed by atoms with Crippen molar-refractivity contribution in [1.29, 1.82) is 0 Å². The minimum Gasteiger partial charge on any atom is -0.276 e. The van der Waals surface area contributed by atoms with Crippen LogP contribution in [0.1, 0.15) is 18.4 Å². The molecular formula is C13H13NO2S. The van der Waals surface area contributed by atoms with Gasteiger partial charge in [-0.2, -0.15) is 0 Å². The fourth-order valence-corrected chi connectivity index (χ4v) is 3.81. The topological polar surface area (TPSA) is 37.4 Å². The predicted octanol–water partition coefficient (Wildman–Crippen LogP) is 1.82. The molecule has 17 heavy (non-hydrogen) atoms. The van der Waals surface area contributed by atoms with Gasteiger partial charge < -0.3 is 0 Å². The second-order valence-corrected chi connectivity index (χ2v) is 5.85. The number of thioether (sulfide) groups is 1. The molecule has 1 aromatic rings. The number of rotatable bonds is 2. The zero-order valence-corrected chi connectivity index (χ0v) is 10.2. The summed E-state index contributed by atoms with van der Waals surface area (Å²) in [4.78, 5) is 25.6. The smallest absolute Gasteiger partial charge is 0.242 e. The van der Waals surface area contributed by atoms with Crippen LogP contribution in [0.3, 0.4) is 0 Å². The van der Waals surface area contributed by atoms with Crippen LogP contribution in [0.2, 0.25) is 0 Å². The Morgan fingerprint density at radius 1 is 1.06 bits per heavy atom. The van der Waals surface area contributed by atoms with Gasteiger partial charge in [0.1, 0.15) is 0 Å². The Kier molecular flexibility index (Phi) is 2.67. The SMILES string of the molecule is O=C1[C@H]2CC[C@@H](S2)C(=O)N1Cc1ccccc1. The summed E-state index contributed by atoms with van der Waals surface area (Å²) in [7, 11) is 0. The van der Waals surface area contributed by atoms with Gasteiger partial charge in [-0.15, -0.1) is 11.8 Å². The van der Waals surface area contributed by atoms with Crippen LogP contribution in [-0.4, -0.2) is 27.2 Å². The van der Waals surface area contributed by atoms with Crippen molar-refractivity contribution in [1.82, 2.24) is 4.90 Å². The largest absolute Gasteiger partial charge is 0.276 e. The molecule has 2 aliphatic rings. The molecule has 0 spiro atoms. The van der Waals surface area contributed by atoms with Crippen LogP contribution in [0.5, 0.6) is 0 Å². The summed E-state index contributed by atoms with van der Waals surface area (Å²) < 4.78 is 0. The van der Waals surface area contributed by atoms with E-state index in [0.29, 0.717) is 6.54 Å².